The number of amides is 1. The molecule has 30 heavy (non-hydrogen) atoms. The van der Waals surface area contributed by atoms with Crippen molar-refractivity contribution < 1.29 is 9.59 Å². The Morgan fingerprint density at radius 1 is 1.10 bits per heavy atom. The molecule has 0 spiro atoms. The summed E-state index contributed by atoms with van der Waals surface area (Å²) >= 11 is 9.51. The van der Waals surface area contributed by atoms with E-state index in [0.29, 0.717) is 28.7 Å². The Hall–Kier alpha value is -1.91. The molecule has 0 unspecified atom stereocenters. The first kappa shape index (κ1) is 22.8. The quantitative estimate of drug-likeness (QED) is 0.182. The minimum atomic E-state index is -0.0499. The number of carbonyl (C=O) groups excluding carboxylic acids is 2. The fourth-order valence-corrected chi connectivity index (χ4v) is 4.12. The number of aryl methyl sites for hydroxylation is 1. The summed E-state index contributed by atoms with van der Waals surface area (Å²) in [6, 6.07) is 14.9. The van der Waals surface area contributed by atoms with Crippen LogP contribution in [-0.4, -0.2) is 38.8 Å². The summed E-state index contributed by atoms with van der Waals surface area (Å²) in [4.78, 5) is 23.6. The van der Waals surface area contributed by atoms with Crippen molar-refractivity contribution in [2.45, 2.75) is 24.9 Å². The van der Waals surface area contributed by atoms with Crippen LogP contribution >= 0.6 is 46.0 Å². The first-order chi connectivity index (χ1) is 14.4. The molecule has 0 aliphatic rings. The molecule has 0 aliphatic carbocycles. The highest BCUT2D eigenvalue weighted by molar-refractivity contribution is 14.1. The summed E-state index contributed by atoms with van der Waals surface area (Å²) in [5.41, 5.74) is 1.55. The van der Waals surface area contributed by atoms with Crippen LogP contribution in [0.4, 0.5) is 0 Å². The van der Waals surface area contributed by atoms with Crippen LogP contribution < -0.4 is 5.32 Å². The highest BCUT2D eigenvalue weighted by Gasteiger charge is 2.16. The van der Waals surface area contributed by atoms with Crippen molar-refractivity contribution in [3.63, 3.8) is 0 Å². The highest BCUT2D eigenvalue weighted by atomic mass is 127. The smallest absolute Gasteiger partial charge is 0.216 e. The number of carbonyl (C=O) groups is 2. The van der Waals surface area contributed by atoms with Gasteiger partial charge in [0, 0.05) is 39.7 Å². The van der Waals surface area contributed by atoms with Crippen molar-refractivity contribution in [2.75, 3.05) is 12.3 Å². The Labute approximate surface area is 197 Å². The van der Waals surface area contributed by atoms with Crippen LogP contribution in [-0.2, 0) is 11.2 Å². The standard InChI is InChI=1S/C21H20ClIN4O2S/c1-14(28)24-12-2-3-20-25-26-21(27(20)18-10-8-17(23)9-11-18)30-13-19(29)15-4-6-16(22)7-5-15/h4-11H,2-3,12-13H2,1H3,(H,24,28). The van der Waals surface area contributed by atoms with Crippen LogP contribution in [0.25, 0.3) is 5.69 Å². The van der Waals surface area contributed by atoms with Gasteiger partial charge in [0.2, 0.25) is 5.91 Å². The molecule has 0 saturated carbocycles. The van der Waals surface area contributed by atoms with E-state index in [4.69, 9.17) is 11.6 Å². The van der Waals surface area contributed by atoms with Crippen LogP contribution in [0.15, 0.2) is 53.7 Å². The summed E-state index contributed by atoms with van der Waals surface area (Å²) in [6.45, 7) is 2.08. The average molecular weight is 555 g/mol. The SMILES string of the molecule is CC(=O)NCCCc1nnc(SCC(=O)c2ccc(Cl)cc2)n1-c1ccc(I)cc1. The molecule has 2 aromatic carbocycles. The number of rotatable bonds is 9. The van der Waals surface area contributed by atoms with Gasteiger partial charge in [-0.3, -0.25) is 14.2 Å². The number of nitrogens with one attached hydrogen (secondary N) is 1. The third-order valence-corrected chi connectivity index (χ3v) is 6.13. The number of nitrogens with zero attached hydrogens (tertiary/aromatic N) is 3. The molecule has 0 radical (unpaired) electrons. The van der Waals surface area contributed by atoms with Crippen molar-refractivity contribution in [1.82, 2.24) is 20.1 Å². The molecule has 0 atom stereocenters. The summed E-state index contributed by atoms with van der Waals surface area (Å²) in [5, 5.41) is 12.7. The van der Waals surface area contributed by atoms with Gasteiger partial charge in [0.05, 0.1) is 5.75 Å². The van der Waals surface area contributed by atoms with Crippen molar-refractivity contribution in [1.29, 1.82) is 0 Å². The maximum Gasteiger partial charge on any atom is 0.216 e. The van der Waals surface area contributed by atoms with Gasteiger partial charge in [-0.2, -0.15) is 0 Å². The Morgan fingerprint density at radius 3 is 2.47 bits per heavy atom. The fourth-order valence-electron chi connectivity index (χ4n) is 2.77. The lowest BCUT2D eigenvalue weighted by Gasteiger charge is -2.10. The number of benzene rings is 2. The van der Waals surface area contributed by atoms with E-state index >= 15 is 0 Å². The normalized spacial score (nSPS) is 10.8. The summed E-state index contributed by atoms with van der Waals surface area (Å²) < 4.78 is 3.10. The Kier molecular flexibility index (Phi) is 8.29. The largest absolute Gasteiger partial charge is 0.356 e. The molecule has 1 amide bonds. The van der Waals surface area contributed by atoms with Gasteiger partial charge < -0.3 is 5.32 Å². The molecule has 1 aromatic heterocycles. The first-order valence-electron chi connectivity index (χ1n) is 9.30. The van der Waals surface area contributed by atoms with E-state index in [9.17, 15) is 9.59 Å². The molecule has 0 saturated heterocycles. The zero-order valence-electron chi connectivity index (χ0n) is 16.3. The van der Waals surface area contributed by atoms with E-state index in [-0.39, 0.29) is 17.4 Å². The van der Waals surface area contributed by atoms with Crippen LogP contribution in [0, 0.1) is 3.57 Å². The number of hydrogen-bond acceptors (Lipinski definition) is 5. The molecule has 0 fully saturated rings. The van der Waals surface area contributed by atoms with E-state index in [2.05, 4.69) is 38.1 Å². The molecule has 3 rings (SSSR count). The predicted molar refractivity (Wildman–Crippen MR) is 128 cm³/mol. The topological polar surface area (TPSA) is 76.9 Å². The number of Topliss-reactive ketones (excluding diaryl/α,β-unsaturated/α-hetero) is 1. The molecule has 1 N–H and O–H groups in total. The number of ketones is 1. The van der Waals surface area contributed by atoms with E-state index < -0.39 is 0 Å². The van der Waals surface area contributed by atoms with Crippen molar-refractivity contribution in [2.24, 2.45) is 0 Å². The molecule has 156 valence electrons. The average Bonchev–Trinajstić information content (AvgIpc) is 3.13. The second-order valence-corrected chi connectivity index (χ2v) is 9.14. The van der Waals surface area contributed by atoms with Gasteiger partial charge in [-0.25, -0.2) is 0 Å². The van der Waals surface area contributed by atoms with Crippen LogP contribution in [0.1, 0.15) is 29.5 Å². The molecule has 6 nitrogen and oxygen atoms in total. The molecule has 9 heteroatoms. The monoisotopic (exact) mass is 554 g/mol. The highest BCUT2D eigenvalue weighted by Crippen LogP contribution is 2.24. The minimum absolute atomic E-state index is 0.000958. The van der Waals surface area contributed by atoms with E-state index in [1.54, 1.807) is 24.3 Å². The number of hydrogen-bond donors (Lipinski definition) is 1. The molecule has 0 aliphatic heterocycles. The summed E-state index contributed by atoms with van der Waals surface area (Å²) in [5.74, 6) is 0.992. The van der Waals surface area contributed by atoms with Crippen LogP contribution in [0.5, 0.6) is 0 Å². The van der Waals surface area contributed by atoms with Gasteiger partial charge in [-0.1, -0.05) is 23.4 Å². The number of aromatic nitrogens is 3. The second kappa shape index (κ2) is 10.9. The molecule has 3 aromatic rings. The molecule has 1 heterocycles. The molecule has 0 bridgehead atoms. The number of halogens is 2. The zero-order valence-corrected chi connectivity index (χ0v) is 20.0. The van der Waals surface area contributed by atoms with Gasteiger partial charge in [0.25, 0.3) is 0 Å². The molecular weight excluding hydrogens is 535 g/mol. The summed E-state index contributed by atoms with van der Waals surface area (Å²) in [7, 11) is 0. The predicted octanol–water partition coefficient (Wildman–Crippen LogP) is 4.57. The third-order valence-electron chi connectivity index (χ3n) is 4.23. The lowest BCUT2D eigenvalue weighted by atomic mass is 10.1. The Bertz CT molecular complexity index is 1020. The van der Waals surface area contributed by atoms with Crippen molar-refractivity contribution in [3.05, 3.63) is 68.5 Å². The van der Waals surface area contributed by atoms with Gasteiger partial charge in [-0.15, -0.1) is 10.2 Å². The Morgan fingerprint density at radius 2 is 1.80 bits per heavy atom. The van der Waals surface area contributed by atoms with Gasteiger partial charge in [0.1, 0.15) is 5.82 Å². The summed E-state index contributed by atoms with van der Waals surface area (Å²) in [6.07, 6.45) is 1.40. The Balaban J connectivity index is 1.77. The zero-order chi connectivity index (χ0) is 21.5. The third kappa shape index (κ3) is 6.29. The maximum absolute atomic E-state index is 12.5. The second-order valence-electron chi connectivity index (χ2n) is 6.52. The lowest BCUT2D eigenvalue weighted by Crippen LogP contribution is -2.21. The van der Waals surface area contributed by atoms with Crippen LogP contribution in [0.2, 0.25) is 5.02 Å². The lowest BCUT2D eigenvalue weighted by molar-refractivity contribution is -0.118. The van der Waals surface area contributed by atoms with Crippen LogP contribution in [0.3, 0.4) is 0 Å². The maximum atomic E-state index is 12.5. The van der Waals surface area contributed by atoms with Crippen molar-refractivity contribution >= 4 is 57.6 Å². The van der Waals surface area contributed by atoms with E-state index in [0.717, 1.165) is 21.5 Å². The fraction of sp³-hybridized carbons (Fsp3) is 0.238. The van der Waals surface area contributed by atoms with Gasteiger partial charge in [-0.05, 0) is 77.5 Å². The first-order valence-corrected chi connectivity index (χ1v) is 11.7. The number of thioether (sulfide) groups is 1. The van der Waals surface area contributed by atoms with E-state index in [1.807, 2.05) is 28.8 Å². The molecular formula is C21H20ClIN4O2S. The van der Waals surface area contributed by atoms with E-state index in [1.165, 1.54) is 18.7 Å². The van der Waals surface area contributed by atoms with Crippen molar-refractivity contribution in [3.8, 4) is 5.69 Å². The van der Waals surface area contributed by atoms with Gasteiger partial charge >= 0.3 is 0 Å². The minimum Gasteiger partial charge on any atom is -0.356 e. The van der Waals surface area contributed by atoms with Gasteiger partial charge in [0.15, 0.2) is 10.9 Å².